The highest BCUT2D eigenvalue weighted by Gasteiger charge is 2.14. The van der Waals surface area contributed by atoms with Crippen LogP contribution in [-0.4, -0.2) is 15.8 Å². The van der Waals surface area contributed by atoms with E-state index in [1.807, 2.05) is 6.08 Å². The predicted octanol–water partition coefficient (Wildman–Crippen LogP) is 1.22. The van der Waals surface area contributed by atoms with Gasteiger partial charge in [0, 0.05) is 25.2 Å². The van der Waals surface area contributed by atoms with Crippen LogP contribution in [0.2, 0.25) is 0 Å². The zero-order valence-electron chi connectivity index (χ0n) is 6.53. The number of rotatable bonds is 1. The third-order valence-corrected chi connectivity index (χ3v) is 1.86. The van der Waals surface area contributed by atoms with E-state index in [4.69, 9.17) is 0 Å². The van der Waals surface area contributed by atoms with Crippen molar-refractivity contribution < 1.29 is 4.79 Å². The standard InChI is InChI=1S/C9H8N2O/c12-8-2-1-7(5-8)9-6-10-3-4-11-9/h1,3-4,6H,2,5H2. The lowest BCUT2D eigenvalue weighted by Crippen LogP contribution is -1.91. The van der Waals surface area contributed by atoms with E-state index in [0.29, 0.717) is 12.8 Å². The van der Waals surface area contributed by atoms with Gasteiger partial charge in [-0.2, -0.15) is 0 Å². The monoisotopic (exact) mass is 160 g/mol. The van der Waals surface area contributed by atoms with E-state index in [1.54, 1.807) is 18.6 Å². The second-order valence-electron chi connectivity index (χ2n) is 2.74. The molecule has 0 saturated heterocycles. The van der Waals surface area contributed by atoms with Gasteiger partial charge < -0.3 is 0 Å². The lowest BCUT2D eigenvalue weighted by molar-refractivity contribution is -0.116. The summed E-state index contributed by atoms with van der Waals surface area (Å²) in [5.74, 6) is 0.260. The SMILES string of the molecule is O=C1CC=C(c2cnccn2)C1. The number of Topliss-reactive ketones (excluding diaryl/α,β-unsaturated/α-hetero) is 1. The number of nitrogens with zero attached hydrogens (tertiary/aromatic N) is 2. The Hall–Kier alpha value is -1.51. The van der Waals surface area contributed by atoms with E-state index in [2.05, 4.69) is 9.97 Å². The van der Waals surface area contributed by atoms with Gasteiger partial charge in [-0.25, -0.2) is 0 Å². The molecule has 0 bridgehead atoms. The van der Waals surface area contributed by atoms with Crippen molar-refractivity contribution in [2.75, 3.05) is 0 Å². The van der Waals surface area contributed by atoms with E-state index in [9.17, 15) is 4.79 Å². The van der Waals surface area contributed by atoms with Gasteiger partial charge in [0.05, 0.1) is 11.9 Å². The van der Waals surface area contributed by atoms with Crippen molar-refractivity contribution in [1.82, 2.24) is 9.97 Å². The normalized spacial score (nSPS) is 16.3. The smallest absolute Gasteiger partial charge is 0.141 e. The summed E-state index contributed by atoms with van der Waals surface area (Å²) in [6.45, 7) is 0. The number of ketones is 1. The van der Waals surface area contributed by atoms with Crippen LogP contribution < -0.4 is 0 Å². The minimum atomic E-state index is 0.260. The molecule has 1 aromatic heterocycles. The van der Waals surface area contributed by atoms with Crippen molar-refractivity contribution in [3.8, 4) is 0 Å². The van der Waals surface area contributed by atoms with Crippen molar-refractivity contribution in [1.29, 1.82) is 0 Å². The topological polar surface area (TPSA) is 42.9 Å². The number of carbonyl (C=O) groups excluding carboxylic acids is 1. The number of carbonyl (C=O) groups is 1. The van der Waals surface area contributed by atoms with E-state index in [0.717, 1.165) is 11.3 Å². The number of hydrogen-bond donors (Lipinski definition) is 0. The highest BCUT2D eigenvalue weighted by atomic mass is 16.1. The van der Waals surface area contributed by atoms with Gasteiger partial charge in [-0.1, -0.05) is 6.08 Å². The van der Waals surface area contributed by atoms with Crippen LogP contribution >= 0.6 is 0 Å². The fraction of sp³-hybridized carbons (Fsp3) is 0.222. The molecule has 0 fully saturated rings. The zero-order valence-corrected chi connectivity index (χ0v) is 6.53. The largest absolute Gasteiger partial charge is 0.299 e. The molecule has 3 heteroatoms. The molecule has 12 heavy (non-hydrogen) atoms. The molecule has 0 amide bonds. The fourth-order valence-electron chi connectivity index (χ4n) is 1.25. The molecule has 1 heterocycles. The van der Waals surface area contributed by atoms with Crippen LogP contribution in [0.15, 0.2) is 24.7 Å². The molecule has 2 rings (SSSR count). The van der Waals surface area contributed by atoms with Gasteiger partial charge in [-0.05, 0) is 5.57 Å². The van der Waals surface area contributed by atoms with E-state index < -0.39 is 0 Å². The Balaban J connectivity index is 2.28. The molecule has 0 atom stereocenters. The van der Waals surface area contributed by atoms with Crippen molar-refractivity contribution in [2.24, 2.45) is 0 Å². The molecule has 0 spiro atoms. The Kier molecular flexibility index (Phi) is 1.70. The first kappa shape index (κ1) is 7.16. The van der Waals surface area contributed by atoms with E-state index in [1.165, 1.54) is 0 Å². The van der Waals surface area contributed by atoms with Gasteiger partial charge in [-0.3, -0.25) is 14.8 Å². The Morgan fingerprint density at radius 2 is 2.25 bits per heavy atom. The maximum Gasteiger partial charge on any atom is 0.141 e. The summed E-state index contributed by atoms with van der Waals surface area (Å²) in [4.78, 5) is 19.0. The summed E-state index contributed by atoms with van der Waals surface area (Å²) in [6, 6.07) is 0. The van der Waals surface area contributed by atoms with Crippen LogP contribution in [0.5, 0.6) is 0 Å². The maximum atomic E-state index is 10.9. The van der Waals surface area contributed by atoms with Crippen LogP contribution in [0.25, 0.3) is 5.57 Å². The summed E-state index contributed by atoms with van der Waals surface area (Å²) < 4.78 is 0. The quantitative estimate of drug-likeness (QED) is 0.620. The summed E-state index contributed by atoms with van der Waals surface area (Å²) in [6.07, 6.45) is 7.93. The van der Waals surface area contributed by atoms with Crippen LogP contribution in [-0.2, 0) is 4.79 Å². The van der Waals surface area contributed by atoms with Gasteiger partial charge in [0.2, 0.25) is 0 Å². The molecule has 3 nitrogen and oxygen atoms in total. The third-order valence-electron chi connectivity index (χ3n) is 1.86. The number of hydrogen-bond acceptors (Lipinski definition) is 3. The lowest BCUT2D eigenvalue weighted by Gasteiger charge is -1.96. The Bertz CT molecular complexity index is 330. The van der Waals surface area contributed by atoms with Crippen LogP contribution in [0.1, 0.15) is 18.5 Å². The van der Waals surface area contributed by atoms with Crippen molar-refractivity contribution >= 4 is 11.4 Å². The third kappa shape index (κ3) is 1.25. The molecule has 0 radical (unpaired) electrons. The summed E-state index contributed by atoms with van der Waals surface area (Å²) >= 11 is 0. The van der Waals surface area contributed by atoms with Gasteiger partial charge in [-0.15, -0.1) is 0 Å². The van der Waals surface area contributed by atoms with Gasteiger partial charge in [0.15, 0.2) is 0 Å². The molecule has 0 saturated carbocycles. The average molecular weight is 160 g/mol. The Morgan fingerprint density at radius 1 is 1.33 bits per heavy atom. The second-order valence-corrected chi connectivity index (χ2v) is 2.74. The Labute approximate surface area is 70.2 Å². The molecule has 1 aliphatic carbocycles. The fourth-order valence-corrected chi connectivity index (χ4v) is 1.25. The first-order valence-corrected chi connectivity index (χ1v) is 3.83. The maximum absolute atomic E-state index is 10.9. The molecule has 1 aliphatic rings. The van der Waals surface area contributed by atoms with Crippen LogP contribution in [0, 0.1) is 0 Å². The van der Waals surface area contributed by atoms with Crippen molar-refractivity contribution in [2.45, 2.75) is 12.8 Å². The summed E-state index contributed by atoms with van der Waals surface area (Å²) in [5, 5.41) is 0. The molecule has 60 valence electrons. The van der Waals surface area contributed by atoms with Gasteiger partial charge >= 0.3 is 0 Å². The van der Waals surface area contributed by atoms with Crippen LogP contribution in [0.3, 0.4) is 0 Å². The average Bonchev–Trinajstić information content (AvgIpc) is 2.54. The first-order valence-electron chi connectivity index (χ1n) is 3.83. The Morgan fingerprint density at radius 3 is 2.83 bits per heavy atom. The zero-order chi connectivity index (χ0) is 8.39. The van der Waals surface area contributed by atoms with E-state index >= 15 is 0 Å². The van der Waals surface area contributed by atoms with E-state index in [-0.39, 0.29) is 5.78 Å². The summed E-state index contributed by atoms with van der Waals surface area (Å²) in [5.41, 5.74) is 1.83. The van der Waals surface area contributed by atoms with Gasteiger partial charge in [0.1, 0.15) is 5.78 Å². The molecule has 0 unspecified atom stereocenters. The number of aromatic nitrogens is 2. The summed E-state index contributed by atoms with van der Waals surface area (Å²) in [7, 11) is 0. The highest BCUT2D eigenvalue weighted by Crippen LogP contribution is 2.22. The van der Waals surface area contributed by atoms with Crippen molar-refractivity contribution in [3.63, 3.8) is 0 Å². The first-order chi connectivity index (χ1) is 5.86. The minimum absolute atomic E-state index is 0.260. The molecule has 0 aliphatic heterocycles. The van der Waals surface area contributed by atoms with Crippen molar-refractivity contribution in [3.05, 3.63) is 30.4 Å². The molecule has 0 aromatic carbocycles. The predicted molar refractivity (Wildman–Crippen MR) is 44.3 cm³/mol. The second kappa shape index (κ2) is 2.85. The van der Waals surface area contributed by atoms with Gasteiger partial charge in [0.25, 0.3) is 0 Å². The molecule has 0 N–H and O–H groups in total. The molecule has 1 aromatic rings. The molecular weight excluding hydrogens is 152 g/mol. The highest BCUT2D eigenvalue weighted by molar-refractivity contribution is 5.95. The number of allylic oxidation sites excluding steroid dienone is 2. The van der Waals surface area contributed by atoms with Crippen LogP contribution in [0.4, 0.5) is 0 Å². The molecular formula is C9H8N2O. The lowest BCUT2D eigenvalue weighted by atomic mass is 10.2. The minimum Gasteiger partial charge on any atom is -0.299 e.